The maximum atomic E-state index is 5.14. The lowest BCUT2D eigenvalue weighted by Crippen LogP contribution is -2.36. The number of nitrogens with zero attached hydrogens (tertiary/aromatic N) is 1. The minimum absolute atomic E-state index is 0.190. The maximum Gasteiger partial charge on any atom is 0.215 e. The van der Waals surface area contributed by atoms with Gasteiger partial charge in [0.15, 0.2) is 0 Å². The molecule has 2 N–H and O–H groups in total. The molecule has 1 aliphatic rings. The molecular weight excluding hydrogens is 154 g/mol. The molecule has 0 aliphatic carbocycles. The van der Waals surface area contributed by atoms with Gasteiger partial charge in [-0.05, 0) is 33.6 Å². The maximum absolute atomic E-state index is 5.14. The molecule has 0 amide bonds. The minimum Gasteiger partial charge on any atom is -0.309 e. The molecule has 72 valence electrons. The molecule has 0 aromatic carbocycles. The Morgan fingerprint density at radius 1 is 1.50 bits per heavy atom. The van der Waals surface area contributed by atoms with Crippen LogP contribution in [0.25, 0.3) is 0 Å². The van der Waals surface area contributed by atoms with Gasteiger partial charge >= 0.3 is 0 Å². The second kappa shape index (κ2) is 4.18. The highest BCUT2D eigenvalue weighted by molar-refractivity contribution is 4.79. The molecule has 0 bridgehead atoms. The third-order valence-electron chi connectivity index (χ3n) is 1.94. The Morgan fingerprint density at radius 2 is 2.17 bits per heavy atom. The van der Waals surface area contributed by atoms with Crippen LogP contribution in [0.3, 0.4) is 0 Å². The first kappa shape index (κ1) is 9.92. The molecule has 0 aromatic rings. The van der Waals surface area contributed by atoms with E-state index in [1.165, 1.54) is 0 Å². The predicted octanol–water partition coefficient (Wildman–Crippen LogP) is 0.126. The molecule has 4 heteroatoms. The van der Waals surface area contributed by atoms with Crippen molar-refractivity contribution in [3.05, 3.63) is 0 Å². The first-order chi connectivity index (χ1) is 5.68. The van der Waals surface area contributed by atoms with Gasteiger partial charge in [0.2, 0.25) is 5.85 Å². The van der Waals surface area contributed by atoms with Gasteiger partial charge in [0.25, 0.3) is 0 Å². The molecule has 0 radical (unpaired) electrons. The Morgan fingerprint density at radius 3 is 2.58 bits per heavy atom. The number of hydroxylamine groups is 1. The van der Waals surface area contributed by atoms with Crippen LogP contribution in [0, 0.1) is 0 Å². The number of hydrogen-bond donors (Lipinski definition) is 2. The Balaban J connectivity index is 2.06. The largest absolute Gasteiger partial charge is 0.309 e. The van der Waals surface area contributed by atoms with Crippen LogP contribution in [0.2, 0.25) is 0 Å². The van der Waals surface area contributed by atoms with Crippen molar-refractivity contribution in [3.63, 3.8) is 0 Å². The summed E-state index contributed by atoms with van der Waals surface area (Å²) in [5, 5.41) is 3.25. The fraction of sp³-hybridized carbons (Fsp3) is 1.00. The molecule has 1 unspecified atom stereocenters. The number of rotatable bonds is 6. The Kier molecular flexibility index (Phi) is 3.46. The van der Waals surface area contributed by atoms with Crippen molar-refractivity contribution in [2.45, 2.75) is 25.6 Å². The molecule has 4 nitrogen and oxygen atoms in total. The van der Waals surface area contributed by atoms with Crippen LogP contribution in [0.15, 0.2) is 0 Å². The van der Waals surface area contributed by atoms with Gasteiger partial charge in [-0.25, -0.2) is 0 Å². The summed E-state index contributed by atoms with van der Waals surface area (Å²) in [7, 11) is 4.17. The first-order valence-corrected chi connectivity index (χ1v) is 4.53. The lowest BCUT2D eigenvalue weighted by molar-refractivity contribution is 0.228. The summed E-state index contributed by atoms with van der Waals surface area (Å²) in [6.07, 6.45) is 2.17. The predicted molar refractivity (Wildman–Crippen MR) is 48.4 cm³/mol. The van der Waals surface area contributed by atoms with Gasteiger partial charge in [-0.15, -0.1) is 0 Å². The van der Waals surface area contributed by atoms with Gasteiger partial charge in [0, 0.05) is 6.42 Å². The van der Waals surface area contributed by atoms with E-state index in [1.54, 1.807) is 0 Å². The van der Waals surface area contributed by atoms with E-state index in [9.17, 15) is 0 Å². The monoisotopic (exact) mass is 173 g/mol. The van der Waals surface area contributed by atoms with Crippen LogP contribution in [0.5, 0.6) is 0 Å². The van der Waals surface area contributed by atoms with E-state index in [0.717, 1.165) is 25.9 Å². The Hall–Kier alpha value is -0.160. The van der Waals surface area contributed by atoms with E-state index in [2.05, 4.69) is 36.7 Å². The first-order valence-electron chi connectivity index (χ1n) is 4.53. The smallest absolute Gasteiger partial charge is 0.215 e. The third kappa shape index (κ3) is 3.06. The fourth-order valence-corrected chi connectivity index (χ4v) is 1.25. The summed E-state index contributed by atoms with van der Waals surface area (Å²) in [6, 6.07) is 0. The van der Waals surface area contributed by atoms with E-state index in [4.69, 9.17) is 4.84 Å². The highest BCUT2D eigenvalue weighted by atomic mass is 16.8. The second-order valence-electron chi connectivity index (χ2n) is 3.47. The minimum atomic E-state index is -0.190. The van der Waals surface area contributed by atoms with Crippen molar-refractivity contribution in [1.82, 2.24) is 15.7 Å². The quantitative estimate of drug-likeness (QED) is 0.560. The third-order valence-corrected chi connectivity index (χ3v) is 1.94. The van der Waals surface area contributed by atoms with Gasteiger partial charge in [-0.3, -0.25) is 10.2 Å². The van der Waals surface area contributed by atoms with E-state index in [1.807, 2.05) is 0 Å². The molecule has 1 heterocycles. The van der Waals surface area contributed by atoms with Crippen LogP contribution in [-0.4, -0.2) is 37.9 Å². The molecule has 1 rings (SSSR count). The SMILES string of the molecule is CCNC1(CCCN(C)C)NO1. The molecule has 1 fully saturated rings. The van der Waals surface area contributed by atoms with E-state index >= 15 is 0 Å². The van der Waals surface area contributed by atoms with Crippen LogP contribution in [0.1, 0.15) is 19.8 Å². The zero-order valence-electron chi connectivity index (χ0n) is 8.18. The van der Waals surface area contributed by atoms with E-state index in [-0.39, 0.29) is 5.85 Å². The van der Waals surface area contributed by atoms with Crippen molar-refractivity contribution < 1.29 is 4.84 Å². The summed E-state index contributed by atoms with van der Waals surface area (Å²) in [4.78, 5) is 7.32. The van der Waals surface area contributed by atoms with Crippen molar-refractivity contribution in [1.29, 1.82) is 0 Å². The molecular formula is C8H19N3O. The van der Waals surface area contributed by atoms with Crippen molar-refractivity contribution >= 4 is 0 Å². The van der Waals surface area contributed by atoms with Gasteiger partial charge in [0.1, 0.15) is 0 Å². The topological polar surface area (TPSA) is 49.7 Å². The van der Waals surface area contributed by atoms with Gasteiger partial charge < -0.3 is 4.90 Å². The summed E-state index contributed by atoms with van der Waals surface area (Å²) in [5.74, 6) is -0.190. The summed E-state index contributed by atoms with van der Waals surface area (Å²) in [6.45, 7) is 4.13. The normalized spacial score (nSPS) is 28.0. The number of nitrogens with one attached hydrogen (secondary N) is 2. The van der Waals surface area contributed by atoms with Crippen LogP contribution in [0.4, 0.5) is 0 Å². The molecule has 1 aliphatic heterocycles. The zero-order valence-corrected chi connectivity index (χ0v) is 8.18. The molecule has 0 saturated carbocycles. The van der Waals surface area contributed by atoms with E-state index in [0.29, 0.717) is 0 Å². The highest BCUT2D eigenvalue weighted by Gasteiger charge is 2.43. The molecule has 0 aromatic heterocycles. The van der Waals surface area contributed by atoms with Crippen LogP contribution in [-0.2, 0) is 4.84 Å². The zero-order chi connectivity index (χ0) is 9.03. The van der Waals surface area contributed by atoms with Crippen LogP contribution < -0.4 is 10.8 Å². The summed E-state index contributed by atoms with van der Waals surface area (Å²) >= 11 is 0. The number of hydrogen-bond acceptors (Lipinski definition) is 4. The average Bonchev–Trinajstić information content (AvgIpc) is 2.69. The Bertz CT molecular complexity index is 134. The molecule has 1 atom stereocenters. The van der Waals surface area contributed by atoms with Crippen LogP contribution >= 0.6 is 0 Å². The molecule has 1 saturated heterocycles. The lowest BCUT2D eigenvalue weighted by atomic mass is 10.2. The Labute approximate surface area is 74.2 Å². The summed E-state index contributed by atoms with van der Waals surface area (Å²) < 4.78 is 0. The standard InChI is InChI=1S/C8H19N3O/c1-4-9-8(10-12-8)6-5-7-11(2)3/h9-10H,4-7H2,1-3H3. The van der Waals surface area contributed by atoms with E-state index < -0.39 is 0 Å². The van der Waals surface area contributed by atoms with Crippen molar-refractivity contribution in [2.75, 3.05) is 27.2 Å². The lowest BCUT2D eigenvalue weighted by Gasteiger charge is -2.12. The molecule has 0 spiro atoms. The summed E-state index contributed by atoms with van der Waals surface area (Å²) in [5.41, 5.74) is 2.89. The van der Waals surface area contributed by atoms with Gasteiger partial charge in [0.05, 0.1) is 0 Å². The van der Waals surface area contributed by atoms with Gasteiger partial charge in [-0.1, -0.05) is 6.92 Å². The highest BCUT2D eigenvalue weighted by Crippen LogP contribution is 2.21. The average molecular weight is 173 g/mol. The second-order valence-corrected chi connectivity index (χ2v) is 3.47. The van der Waals surface area contributed by atoms with Crippen molar-refractivity contribution in [2.24, 2.45) is 0 Å². The fourth-order valence-electron chi connectivity index (χ4n) is 1.25. The van der Waals surface area contributed by atoms with Gasteiger partial charge in [-0.2, -0.15) is 5.48 Å². The van der Waals surface area contributed by atoms with Crippen molar-refractivity contribution in [3.8, 4) is 0 Å². The molecule has 12 heavy (non-hydrogen) atoms.